The van der Waals surface area contributed by atoms with Crippen LogP contribution >= 0.6 is 0 Å². The number of nitrogens with zero attached hydrogens (tertiary/aromatic N) is 2. The van der Waals surface area contributed by atoms with Crippen LogP contribution in [0.3, 0.4) is 0 Å². The quantitative estimate of drug-likeness (QED) is 0.321. The molecule has 0 aliphatic carbocycles. The van der Waals surface area contributed by atoms with E-state index in [1.165, 1.54) is 5.56 Å². The Morgan fingerprint density at radius 1 is 1.23 bits per heavy atom. The smallest absolute Gasteiger partial charge is 0.127 e. The number of amidine groups is 2. The molecule has 0 saturated carbocycles. The van der Waals surface area contributed by atoms with Crippen molar-refractivity contribution in [1.29, 1.82) is 0 Å². The molecule has 2 rings (SSSR count). The molecule has 1 atom stereocenters. The van der Waals surface area contributed by atoms with Gasteiger partial charge in [-0.1, -0.05) is 76.4 Å². The van der Waals surface area contributed by atoms with E-state index in [4.69, 9.17) is 0 Å². The predicted molar refractivity (Wildman–Crippen MR) is 131 cm³/mol. The molecule has 0 radical (unpaired) electrons. The molecule has 2 N–H and O–H groups in total. The number of allylic oxidation sites excluding steroid dienone is 3. The van der Waals surface area contributed by atoms with E-state index in [0.29, 0.717) is 0 Å². The lowest BCUT2D eigenvalue weighted by atomic mass is 9.90. The van der Waals surface area contributed by atoms with Crippen molar-refractivity contribution in [3.63, 3.8) is 0 Å². The second-order valence-electron chi connectivity index (χ2n) is 9.03. The zero-order valence-corrected chi connectivity index (χ0v) is 19.1. The van der Waals surface area contributed by atoms with Crippen LogP contribution in [-0.4, -0.2) is 17.7 Å². The van der Waals surface area contributed by atoms with Crippen molar-refractivity contribution in [3.05, 3.63) is 84.4 Å². The summed E-state index contributed by atoms with van der Waals surface area (Å²) in [7, 11) is 0. The molecule has 0 bridgehead atoms. The molecule has 0 aromatic heterocycles. The van der Waals surface area contributed by atoms with Gasteiger partial charge in [-0.2, -0.15) is 0 Å². The number of rotatable bonds is 8. The van der Waals surface area contributed by atoms with Crippen LogP contribution in [0.15, 0.2) is 88.8 Å². The number of hydrogen-bond acceptors (Lipinski definition) is 2. The third kappa shape index (κ3) is 8.24. The Bertz CT molecular complexity index is 864. The van der Waals surface area contributed by atoms with Gasteiger partial charge < -0.3 is 10.6 Å². The van der Waals surface area contributed by atoms with Gasteiger partial charge in [0.15, 0.2) is 0 Å². The van der Waals surface area contributed by atoms with Gasteiger partial charge in [-0.3, -0.25) is 0 Å². The first-order chi connectivity index (χ1) is 14.2. The zero-order valence-electron chi connectivity index (χ0n) is 19.1. The van der Waals surface area contributed by atoms with Crippen LogP contribution in [0, 0.1) is 5.41 Å². The summed E-state index contributed by atoms with van der Waals surface area (Å²) in [5.41, 5.74) is 4.68. The van der Waals surface area contributed by atoms with Crippen LogP contribution in [0.5, 0.6) is 0 Å². The molecular weight excluding hydrogens is 368 g/mol. The fourth-order valence-electron chi connectivity index (χ4n) is 3.28. The van der Waals surface area contributed by atoms with E-state index in [1.54, 1.807) is 12.3 Å². The van der Waals surface area contributed by atoms with Crippen molar-refractivity contribution in [2.24, 2.45) is 15.4 Å². The highest BCUT2D eigenvalue weighted by molar-refractivity contribution is 5.98. The maximum absolute atomic E-state index is 4.63. The molecule has 0 saturated heterocycles. The molecule has 1 aliphatic rings. The first-order valence-electron chi connectivity index (χ1n) is 10.5. The third-order valence-electron chi connectivity index (χ3n) is 4.66. The Hall–Kier alpha value is -2.88. The molecule has 1 aromatic rings. The monoisotopic (exact) mass is 404 g/mol. The highest BCUT2D eigenvalue weighted by Crippen LogP contribution is 2.23. The number of benzene rings is 1. The van der Waals surface area contributed by atoms with E-state index in [2.05, 4.69) is 84.9 Å². The average Bonchev–Trinajstić information content (AvgIpc) is 3.13. The first kappa shape index (κ1) is 23.4. The maximum Gasteiger partial charge on any atom is 0.127 e. The van der Waals surface area contributed by atoms with Crippen LogP contribution in [0.1, 0.15) is 53.0 Å². The lowest BCUT2D eigenvalue weighted by Gasteiger charge is -2.27. The molecule has 0 spiro atoms. The van der Waals surface area contributed by atoms with Crippen LogP contribution in [0.25, 0.3) is 0 Å². The molecule has 0 amide bonds. The summed E-state index contributed by atoms with van der Waals surface area (Å²) >= 11 is 0. The van der Waals surface area contributed by atoms with Crippen LogP contribution < -0.4 is 10.6 Å². The second-order valence-corrected chi connectivity index (χ2v) is 9.03. The van der Waals surface area contributed by atoms with Crippen molar-refractivity contribution < 1.29 is 0 Å². The molecule has 30 heavy (non-hydrogen) atoms. The lowest BCUT2D eigenvalue weighted by molar-refractivity contribution is 0.393. The fraction of sp³-hybridized carbons (Fsp3) is 0.385. The Morgan fingerprint density at radius 3 is 2.57 bits per heavy atom. The van der Waals surface area contributed by atoms with Gasteiger partial charge in [0.2, 0.25) is 0 Å². The van der Waals surface area contributed by atoms with Crippen molar-refractivity contribution in [2.75, 3.05) is 0 Å². The van der Waals surface area contributed by atoms with Crippen molar-refractivity contribution in [2.45, 2.75) is 59.9 Å². The predicted octanol–water partition coefficient (Wildman–Crippen LogP) is 5.92. The fourth-order valence-corrected chi connectivity index (χ4v) is 3.28. The lowest BCUT2D eigenvalue weighted by Crippen LogP contribution is -2.38. The summed E-state index contributed by atoms with van der Waals surface area (Å²) in [4.78, 5) is 9.02. The number of hydrogen-bond donors (Lipinski definition) is 2. The van der Waals surface area contributed by atoms with E-state index in [0.717, 1.165) is 47.9 Å². The number of aliphatic imine (C=N–C) groups is 2. The van der Waals surface area contributed by atoms with Gasteiger partial charge in [-0.15, -0.1) is 0 Å². The molecule has 160 valence electrons. The second kappa shape index (κ2) is 10.8. The van der Waals surface area contributed by atoms with E-state index in [1.807, 2.05) is 19.9 Å². The summed E-state index contributed by atoms with van der Waals surface area (Å²) in [6.45, 7) is 18.6. The highest BCUT2D eigenvalue weighted by Gasteiger charge is 2.22. The van der Waals surface area contributed by atoms with Crippen molar-refractivity contribution in [1.82, 2.24) is 10.6 Å². The van der Waals surface area contributed by atoms with Gasteiger partial charge in [0, 0.05) is 24.0 Å². The summed E-state index contributed by atoms with van der Waals surface area (Å²) in [5.74, 6) is 1.63. The van der Waals surface area contributed by atoms with Crippen molar-refractivity contribution in [3.8, 4) is 0 Å². The molecule has 1 aliphatic heterocycles. The summed E-state index contributed by atoms with van der Waals surface area (Å²) in [6.07, 6.45) is 8.35. The molecule has 4 nitrogen and oxygen atoms in total. The standard InChI is InChI=1S/C26H36N4/c1-8-19(2)18-27-21(4)29-25-15-14-23(30-25)24(16-22-12-10-9-11-13-22)28-20(3)17-26(5,6)7/h8-14,18,24,28H,1,3,15-17H2,2,4-7H3,(H,27,29,30)/b19-18-. The maximum atomic E-state index is 4.63. The SMILES string of the molecule is C=C/C(C)=C\N=C(C)N=C1CC=C(C(Cc2ccccc2)NC(=C)CC(C)(C)C)N1. The number of nitrogens with one attached hydrogen (secondary N) is 2. The van der Waals surface area contributed by atoms with Gasteiger partial charge >= 0.3 is 0 Å². The minimum Gasteiger partial charge on any atom is -0.380 e. The molecule has 4 heteroatoms. The topological polar surface area (TPSA) is 48.8 Å². The summed E-state index contributed by atoms with van der Waals surface area (Å²) in [6, 6.07) is 10.7. The van der Waals surface area contributed by atoms with Crippen LogP contribution in [-0.2, 0) is 6.42 Å². The van der Waals surface area contributed by atoms with Crippen molar-refractivity contribution >= 4 is 11.7 Å². The zero-order chi connectivity index (χ0) is 22.1. The van der Waals surface area contributed by atoms with E-state index < -0.39 is 0 Å². The van der Waals surface area contributed by atoms with Crippen LogP contribution in [0.2, 0.25) is 0 Å². The molecule has 1 aromatic carbocycles. The minimum atomic E-state index is 0.120. The Balaban J connectivity index is 2.13. The van der Waals surface area contributed by atoms with Gasteiger partial charge in [0.05, 0.1) is 6.04 Å². The van der Waals surface area contributed by atoms with E-state index in [9.17, 15) is 0 Å². The summed E-state index contributed by atoms with van der Waals surface area (Å²) in [5, 5.41) is 7.15. The average molecular weight is 405 g/mol. The van der Waals surface area contributed by atoms with Gasteiger partial charge in [-0.25, -0.2) is 9.98 Å². The minimum absolute atomic E-state index is 0.120. The Labute approximate surface area is 182 Å². The summed E-state index contributed by atoms with van der Waals surface area (Å²) < 4.78 is 0. The molecule has 1 heterocycles. The molecular formula is C26H36N4. The van der Waals surface area contributed by atoms with E-state index in [-0.39, 0.29) is 11.5 Å². The first-order valence-corrected chi connectivity index (χ1v) is 10.5. The Morgan fingerprint density at radius 2 is 1.93 bits per heavy atom. The molecule has 0 fully saturated rings. The van der Waals surface area contributed by atoms with Gasteiger partial charge in [-0.05, 0) is 43.2 Å². The highest BCUT2D eigenvalue weighted by atomic mass is 15.1. The van der Waals surface area contributed by atoms with E-state index >= 15 is 0 Å². The van der Waals surface area contributed by atoms with Crippen LogP contribution in [0.4, 0.5) is 0 Å². The van der Waals surface area contributed by atoms with Gasteiger partial charge in [0.1, 0.15) is 11.7 Å². The third-order valence-corrected chi connectivity index (χ3v) is 4.66. The largest absolute Gasteiger partial charge is 0.380 e. The molecule has 1 unspecified atom stereocenters. The normalized spacial score (nSPS) is 17.4. The van der Waals surface area contributed by atoms with Gasteiger partial charge in [0.25, 0.3) is 0 Å². The Kier molecular flexibility index (Phi) is 8.40.